The molecule has 0 aromatic carbocycles. The molecule has 1 rings (SSSR count). The Morgan fingerprint density at radius 1 is 1.10 bits per heavy atom. The molecule has 0 bridgehead atoms. The first-order valence-electron chi connectivity index (χ1n) is 7.07. The van der Waals surface area contributed by atoms with Crippen molar-refractivity contribution >= 4 is 17.9 Å². The predicted molar refractivity (Wildman–Crippen MR) is 73.0 cm³/mol. The van der Waals surface area contributed by atoms with E-state index in [-0.39, 0.29) is 18.9 Å². The number of aliphatic carboxylic acids is 1. The number of nitrogens with two attached hydrogens (primary N) is 1. The molecule has 20 heavy (non-hydrogen) atoms. The van der Waals surface area contributed by atoms with Gasteiger partial charge >= 0.3 is 12.0 Å². The minimum absolute atomic E-state index is 0.0181. The fraction of sp³-hybridized carbons (Fsp3) is 0.769. The van der Waals surface area contributed by atoms with Gasteiger partial charge in [-0.25, -0.2) is 9.59 Å². The third-order valence-corrected chi connectivity index (χ3v) is 3.42. The molecule has 0 aromatic heterocycles. The van der Waals surface area contributed by atoms with Gasteiger partial charge < -0.3 is 21.1 Å². The fourth-order valence-corrected chi connectivity index (χ4v) is 2.23. The van der Waals surface area contributed by atoms with Gasteiger partial charge in [0.15, 0.2) is 0 Å². The lowest BCUT2D eigenvalue weighted by atomic mass is 10.1. The highest BCUT2D eigenvalue weighted by Crippen LogP contribution is 2.11. The van der Waals surface area contributed by atoms with Crippen molar-refractivity contribution in [1.29, 1.82) is 0 Å². The SMILES string of the molecule is NC(=O)CCC(NC(=O)N1CCCCCCC1)C(=O)O. The Hall–Kier alpha value is -1.79. The van der Waals surface area contributed by atoms with E-state index in [9.17, 15) is 14.4 Å². The highest BCUT2D eigenvalue weighted by molar-refractivity contribution is 5.83. The zero-order chi connectivity index (χ0) is 15.0. The molecule has 1 atom stereocenters. The number of nitrogens with one attached hydrogen (secondary N) is 1. The van der Waals surface area contributed by atoms with Crippen LogP contribution in [0.2, 0.25) is 0 Å². The Bertz CT molecular complexity index is 352. The topological polar surface area (TPSA) is 113 Å². The molecule has 7 heteroatoms. The normalized spacial score (nSPS) is 17.7. The molecule has 1 saturated heterocycles. The van der Waals surface area contributed by atoms with Gasteiger partial charge in [-0.1, -0.05) is 19.3 Å². The maximum absolute atomic E-state index is 12.1. The third-order valence-electron chi connectivity index (χ3n) is 3.42. The summed E-state index contributed by atoms with van der Waals surface area (Å²) in [6.07, 6.45) is 5.20. The van der Waals surface area contributed by atoms with Gasteiger partial charge in [0.25, 0.3) is 0 Å². The smallest absolute Gasteiger partial charge is 0.326 e. The summed E-state index contributed by atoms with van der Waals surface area (Å²) in [5.41, 5.74) is 5.00. The summed E-state index contributed by atoms with van der Waals surface area (Å²) in [7, 11) is 0. The van der Waals surface area contributed by atoms with Crippen molar-refractivity contribution in [1.82, 2.24) is 10.2 Å². The molecule has 4 N–H and O–H groups in total. The van der Waals surface area contributed by atoms with Crippen molar-refractivity contribution in [2.24, 2.45) is 5.73 Å². The number of primary amides is 1. The molecule has 0 saturated carbocycles. The first-order chi connectivity index (χ1) is 9.50. The molecular formula is C13H23N3O4. The number of urea groups is 1. The lowest BCUT2D eigenvalue weighted by Crippen LogP contribution is -2.49. The van der Waals surface area contributed by atoms with Crippen molar-refractivity contribution in [2.45, 2.75) is 51.0 Å². The van der Waals surface area contributed by atoms with Gasteiger partial charge in [0.05, 0.1) is 0 Å². The van der Waals surface area contributed by atoms with E-state index in [1.54, 1.807) is 4.90 Å². The van der Waals surface area contributed by atoms with Crippen molar-refractivity contribution in [3.05, 3.63) is 0 Å². The lowest BCUT2D eigenvalue weighted by Gasteiger charge is -2.26. The van der Waals surface area contributed by atoms with Crippen LogP contribution in [-0.4, -0.2) is 47.0 Å². The highest BCUT2D eigenvalue weighted by atomic mass is 16.4. The van der Waals surface area contributed by atoms with E-state index in [0.29, 0.717) is 13.1 Å². The Labute approximate surface area is 118 Å². The van der Waals surface area contributed by atoms with Gasteiger partial charge in [-0.05, 0) is 19.3 Å². The minimum Gasteiger partial charge on any atom is -0.480 e. The summed E-state index contributed by atoms with van der Waals surface area (Å²) < 4.78 is 0. The van der Waals surface area contributed by atoms with E-state index in [1.165, 1.54) is 6.42 Å². The highest BCUT2D eigenvalue weighted by Gasteiger charge is 2.23. The Balaban J connectivity index is 2.50. The first-order valence-corrected chi connectivity index (χ1v) is 7.07. The summed E-state index contributed by atoms with van der Waals surface area (Å²) in [4.78, 5) is 35.5. The molecule has 3 amide bonds. The van der Waals surface area contributed by atoms with Crippen LogP contribution in [0, 0.1) is 0 Å². The number of carboxylic acid groups (broad SMARTS) is 1. The second kappa shape index (κ2) is 8.39. The molecule has 0 radical (unpaired) electrons. The molecule has 1 aliphatic heterocycles. The lowest BCUT2D eigenvalue weighted by molar-refractivity contribution is -0.139. The fourth-order valence-electron chi connectivity index (χ4n) is 2.23. The molecule has 0 aliphatic carbocycles. The van der Waals surface area contributed by atoms with E-state index in [4.69, 9.17) is 10.8 Å². The molecule has 1 heterocycles. The van der Waals surface area contributed by atoms with E-state index >= 15 is 0 Å². The minimum atomic E-state index is -1.15. The largest absolute Gasteiger partial charge is 0.480 e. The Morgan fingerprint density at radius 2 is 1.65 bits per heavy atom. The van der Waals surface area contributed by atoms with Crippen LogP contribution >= 0.6 is 0 Å². The van der Waals surface area contributed by atoms with E-state index in [0.717, 1.165) is 25.7 Å². The number of carbonyl (C=O) groups is 3. The average molecular weight is 285 g/mol. The first kappa shape index (κ1) is 16.3. The standard InChI is InChI=1S/C13H23N3O4/c14-11(17)7-6-10(12(18)19)15-13(20)16-8-4-2-1-3-5-9-16/h10H,1-9H2,(H2,14,17)(H,15,20)(H,18,19). The van der Waals surface area contributed by atoms with Crippen molar-refractivity contribution in [2.75, 3.05) is 13.1 Å². The molecule has 0 aromatic rings. The third kappa shape index (κ3) is 5.90. The zero-order valence-corrected chi connectivity index (χ0v) is 11.6. The van der Waals surface area contributed by atoms with Gasteiger partial charge in [-0.3, -0.25) is 4.79 Å². The molecule has 1 fully saturated rings. The van der Waals surface area contributed by atoms with Gasteiger partial charge in [0, 0.05) is 19.5 Å². The van der Waals surface area contributed by atoms with Crippen LogP contribution in [-0.2, 0) is 9.59 Å². The molecule has 1 unspecified atom stereocenters. The Morgan fingerprint density at radius 3 is 2.15 bits per heavy atom. The number of hydrogen-bond donors (Lipinski definition) is 3. The molecule has 1 aliphatic rings. The maximum Gasteiger partial charge on any atom is 0.326 e. The number of hydrogen-bond acceptors (Lipinski definition) is 3. The predicted octanol–water partition coefficient (Wildman–Crippen LogP) is 0.681. The molecule has 0 spiro atoms. The van der Waals surface area contributed by atoms with Crippen molar-refractivity contribution in [3.63, 3.8) is 0 Å². The second-order valence-corrected chi connectivity index (χ2v) is 5.10. The number of rotatable bonds is 5. The summed E-state index contributed by atoms with van der Waals surface area (Å²) in [5, 5.41) is 11.5. The summed E-state index contributed by atoms with van der Waals surface area (Å²) in [6.45, 7) is 1.29. The average Bonchev–Trinajstić information content (AvgIpc) is 2.33. The van der Waals surface area contributed by atoms with Crippen LogP contribution in [0.1, 0.15) is 44.9 Å². The van der Waals surface area contributed by atoms with Crippen molar-refractivity contribution < 1.29 is 19.5 Å². The van der Waals surface area contributed by atoms with Crippen LogP contribution in [0.5, 0.6) is 0 Å². The number of carboxylic acids is 1. The summed E-state index contributed by atoms with van der Waals surface area (Å²) in [5.74, 6) is -1.72. The monoisotopic (exact) mass is 285 g/mol. The van der Waals surface area contributed by atoms with Crippen LogP contribution in [0.25, 0.3) is 0 Å². The quantitative estimate of drug-likeness (QED) is 0.689. The van der Waals surface area contributed by atoms with Crippen LogP contribution in [0.4, 0.5) is 4.79 Å². The van der Waals surface area contributed by atoms with Crippen molar-refractivity contribution in [3.8, 4) is 0 Å². The maximum atomic E-state index is 12.1. The van der Waals surface area contributed by atoms with Gasteiger partial charge in [-0.15, -0.1) is 0 Å². The van der Waals surface area contributed by atoms with Gasteiger partial charge in [0.1, 0.15) is 6.04 Å². The number of amides is 3. The Kier molecular flexibility index (Phi) is 6.83. The zero-order valence-electron chi connectivity index (χ0n) is 11.6. The number of nitrogens with zero attached hydrogens (tertiary/aromatic N) is 1. The van der Waals surface area contributed by atoms with Gasteiger partial charge in [0.2, 0.25) is 5.91 Å². The van der Waals surface area contributed by atoms with E-state index < -0.39 is 17.9 Å². The second-order valence-electron chi connectivity index (χ2n) is 5.10. The molecular weight excluding hydrogens is 262 g/mol. The van der Waals surface area contributed by atoms with Crippen LogP contribution in [0.3, 0.4) is 0 Å². The van der Waals surface area contributed by atoms with Gasteiger partial charge in [-0.2, -0.15) is 0 Å². The van der Waals surface area contributed by atoms with E-state index in [1.807, 2.05) is 0 Å². The molecule has 7 nitrogen and oxygen atoms in total. The number of likely N-dealkylation sites (tertiary alicyclic amines) is 1. The summed E-state index contributed by atoms with van der Waals surface area (Å²) >= 11 is 0. The number of carbonyl (C=O) groups excluding carboxylic acids is 2. The van der Waals surface area contributed by atoms with Crippen LogP contribution < -0.4 is 11.1 Å². The van der Waals surface area contributed by atoms with Crippen LogP contribution in [0.15, 0.2) is 0 Å². The summed E-state index contributed by atoms with van der Waals surface area (Å²) in [6, 6.07) is -1.44. The molecule has 114 valence electrons. The van der Waals surface area contributed by atoms with E-state index in [2.05, 4.69) is 5.32 Å².